The number of carbonyl (C=O) groups excluding carboxylic acids is 3. The van der Waals surface area contributed by atoms with Gasteiger partial charge in [-0.1, -0.05) is 18.2 Å². The molecule has 1 atom stereocenters. The Hall–Kier alpha value is -3.04. The number of benzene rings is 1. The van der Waals surface area contributed by atoms with Gasteiger partial charge < -0.3 is 15.5 Å². The molecule has 0 aromatic heterocycles. The average Bonchev–Trinajstić information content (AvgIpc) is 2.92. The number of amides is 4. The summed E-state index contributed by atoms with van der Waals surface area (Å²) in [6.07, 6.45) is -4.65. The van der Waals surface area contributed by atoms with Gasteiger partial charge in [-0.25, -0.2) is 4.79 Å². The molecular formula is C20H23F3N4O3. The van der Waals surface area contributed by atoms with Crippen molar-refractivity contribution in [1.29, 1.82) is 0 Å². The quantitative estimate of drug-likeness (QED) is 0.782. The number of hydrogen-bond donors (Lipinski definition) is 2. The van der Waals surface area contributed by atoms with E-state index in [-0.39, 0.29) is 29.9 Å². The number of nitrogens with one attached hydrogen (secondary N) is 2. The molecule has 2 N–H and O–H groups in total. The van der Waals surface area contributed by atoms with Gasteiger partial charge in [-0.05, 0) is 32.4 Å². The molecule has 3 rings (SSSR count). The van der Waals surface area contributed by atoms with Crippen LogP contribution in [0.2, 0.25) is 0 Å². The summed E-state index contributed by atoms with van der Waals surface area (Å²) in [6, 6.07) is 2.94. The van der Waals surface area contributed by atoms with Crippen LogP contribution < -0.4 is 10.6 Å². The fraction of sp³-hybridized carbons (Fsp3) is 0.450. The molecule has 0 unspecified atom stereocenters. The maximum atomic E-state index is 13.5. The van der Waals surface area contributed by atoms with Gasteiger partial charge in [0.1, 0.15) is 6.54 Å². The minimum Gasteiger partial charge on any atom is -0.350 e. The molecule has 0 saturated heterocycles. The van der Waals surface area contributed by atoms with Crippen molar-refractivity contribution in [3.63, 3.8) is 0 Å². The van der Waals surface area contributed by atoms with Gasteiger partial charge in [0.2, 0.25) is 5.91 Å². The van der Waals surface area contributed by atoms with Crippen LogP contribution in [0.4, 0.5) is 18.0 Å². The lowest BCUT2D eigenvalue weighted by atomic mass is 9.92. The summed E-state index contributed by atoms with van der Waals surface area (Å²) < 4.78 is 40.6. The van der Waals surface area contributed by atoms with Crippen molar-refractivity contribution in [3.05, 3.63) is 46.7 Å². The monoisotopic (exact) mass is 424 g/mol. The highest BCUT2D eigenvalue weighted by Gasteiger charge is 2.46. The van der Waals surface area contributed by atoms with Crippen molar-refractivity contribution < 1.29 is 27.6 Å². The predicted molar refractivity (Wildman–Crippen MR) is 102 cm³/mol. The fourth-order valence-corrected chi connectivity index (χ4v) is 3.62. The van der Waals surface area contributed by atoms with E-state index in [9.17, 15) is 27.6 Å². The number of likely N-dealkylation sites (N-methyl/N-ethyl adjacent to an activating group) is 1. The second kappa shape index (κ2) is 7.33. The fourth-order valence-electron chi connectivity index (χ4n) is 3.62. The third-order valence-electron chi connectivity index (χ3n) is 4.86. The highest BCUT2D eigenvalue weighted by Crippen LogP contribution is 2.41. The van der Waals surface area contributed by atoms with Crippen molar-refractivity contribution in [2.75, 3.05) is 20.1 Å². The number of halogens is 3. The highest BCUT2D eigenvalue weighted by atomic mass is 19.4. The van der Waals surface area contributed by atoms with Gasteiger partial charge in [0.25, 0.3) is 5.91 Å². The topological polar surface area (TPSA) is 81.8 Å². The minimum absolute atomic E-state index is 0.0392. The molecule has 1 aromatic rings. The number of urea groups is 1. The van der Waals surface area contributed by atoms with Gasteiger partial charge in [0, 0.05) is 12.6 Å². The molecule has 0 spiro atoms. The lowest BCUT2D eigenvalue weighted by molar-refractivity contribution is -0.138. The molecule has 0 fully saturated rings. The summed E-state index contributed by atoms with van der Waals surface area (Å²) in [6.45, 7) is 5.07. The first-order chi connectivity index (χ1) is 13.8. The summed E-state index contributed by atoms with van der Waals surface area (Å²) in [5, 5.41) is 5.23. The smallest absolute Gasteiger partial charge is 0.350 e. The van der Waals surface area contributed by atoms with Gasteiger partial charge in [0.15, 0.2) is 0 Å². The number of alkyl halides is 3. The maximum absolute atomic E-state index is 13.5. The van der Waals surface area contributed by atoms with E-state index in [1.165, 1.54) is 35.0 Å². The third-order valence-corrected chi connectivity index (χ3v) is 4.86. The normalized spacial score (nSPS) is 19.8. The van der Waals surface area contributed by atoms with E-state index in [0.29, 0.717) is 0 Å². The SMILES string of the molecule is CN1C(=O)N[C@@H](c2ccccc2C(F)(F)F)C2=C1CN(CC(=O)NC(C)(C)C)C2=O. The second-order valence-corrected chi connectivity index (χ2v) is 8.35. The van der Waals surface area contributed by atoms with E-state index in [4.69, 9.17) is 0 Å². The summed E-state index contributed by atoms with van der Waals surface area (Å²) in [5.74, 6) is -0.979. The van der Waals surface area contributed by atoms with E-state index < -0.39 is 41.2 Å². The number of carbonyl (C=O) groups is 3. The zero-order valence-electron chi connectivity index (χ0n) is 17.1. The number of hydrogen-bond acceptors (Lipinski definition) is 3. The van der Waals surface area contributed by atoms with Gasteiger partial charge >= 0.3 is 12.2 Å². The van der Waals surface area contributed by atoms with Crippen molar-refractivity contribution in [3.8, 4) is 0 Å². The Morgan fingerprint density at radius 1 is 1.20 bits per heavy atom. The molecule has 7 nitrogen and oxygen atoms in total. The van der Waals surface area contributed by atoms with Crippen LogP contribution in [0, 0.1) is 0 Å². The molecule has 0 aliphatic carbocycles. The molecule has 2 heterocycles. The zero-order chi connectivity index (χ0) is 22.4. The first kappa shape index (κ1) is 21.7. The molecule has 4 amide bonds. The Labute approximate surface area is 171 Å². The molecule has 162 valence electrons. The molecule has 30 heavy (non-hydrogen) atoms. The first-order valence-electron chi connectivity index (χ1n) is 9.33. The lowest BCUT2D eigenvalue weighted by Crippen LogP contribution is -2.46. The van der Waals surface area contributed by atoms with Gasteiger partial charge in [-0.15, -0.1) is 0 Å². The largest absolute Gasteiger partial charge is 0.416 e. The van der Waals surface area contributed by atoms with Crippen LogP contribution in [0.1, 0.15) is 37.9 Å². The third kappa shape index (κ3) is 4.12. The maximum Gasteiger partial charge on any atom is 0.416 e. The molecule has 0 radical (unpaired) electrons. The molecule has 0 saturated carbocycles. The average molecular weight is 424 g/mol. The van der Waals surface area contributed by atoms with Crippen LogP contribution in [-0.4, -0.2) is 53.3 Å². The van der Waals surface area contributed by atoms with Crippen LogP contribution in [0.25, 0.3) is 0 Å². The number of rotatable bonds is 3. The lowest BCUT2D eigenvalue weighted by Gasteiger charge is -2.32. The molecule has 10 heteroatoms. The highest BCUT2D eigenvalue weighted by molar-refractivity contribution is 6.03. The minimum atomic E-state index is -4.65. The Balaban J connectivity index is 1.97. The summed E-state index contributed by atoms with van der Waals surface area (Å²) >= 11 is 0. The van der Waals surface area contributed by atoms with E-state index in [0.717, 1.165) is 6.07 Å². The Bertz CT molecular complexity index is 934. The Kier molecular flexibility index (Phi) is 5.30. The van der Waals surface area contributed by atoms with E-state index in [1.807, 2.05) is 0 Å². The Morgan fingerprint density at radius 2 is 1.83 bits per heavy atom. The van der Waals surface area contributed by atoms with E-state index >= 15 is 0 Å². The van der Waals surface area contributed by atoms with Gasteiger partial charge in [0.05, 0.1) is 29.4 Å². The van der Waals surface area contributed by atoms with Crippen LogP contribution in [0.5, 0.6) is 0 Å². The van der Waals surface area contributed by atoms with Gasteiger partial charge in [-0.3, -0.25) is 14.5 Å². The van der Waals surface area contributed by atoms with Crippen molar-refractivity contribution >= 4 is 17.8 Å². The van der Waals surface area contributed by atoms with E-state index in [2.05, 4.69) is 10.6 Å². The second-order valence-electron chi connectivity index (χ2n) is 8.35. The van der Waals surface area contributed by atoms with Crippen molar-refractivity contribution in [2.45, 2.75) is 38.5 Å². The van der Waals surface area contributed by atoms with E-state index in [1.54, 1.807) is 20.8 Å². The predicted octanol–water partition coefficient (Wildman–Crippen LogP) is 2.41. The molecule has 0 bridgehead atoms. The summed E-state index contributed by atoms with van der Waals surface area (Å²) in [7, 11) is 1.43. The zero-order valence-corrected chi connectivity index (χ0v) is 17.1. The molecule has 1 aromatic carbocycles. The van der Waals surface area contributed by atoms with Crippen molar-refractivity contribution in [1.82, 2.24) is 20.4 Å². The van der Waals surface area contributed by atoms with Crippen LogP contribution in [-0.2, 0) is 15.8 Å². The summed E-state index contributed by atoms with van der Waals surface area (Å²) in [4.78, 5) is 40.2. The molecular weight excluding hydrogens is 401 g/mol. The van der Waals surface area contributed by atoms with Crippen molar-refractivity contribution in [2.24, 2.45) is 0 Å². The van der Waals surface area contributed by atoms with Gasteiger partial charge in [-0.2, -0.15) is 13.2 Å². The number of nitrogens with zero attached hydrogens (tertiary/aromatic N) is 2. The first-order valence-corrected chi connectivity index (χ1v) is 9.33. The molecule has 2 aliphatic heterocycles. The standard InChI is InChI=1S/C20H23F3N4O3/c1-19(2,3)25-14(28)10-27-9-13-15(17(27)29)16(24-18(30)26(13)4)11-7-5-6-8-12(11)20(21,22)23/h5-8,16H,9-10H2,1-4H3,(H,24,30)(H,25,28)/t16-/m0/s1. The van der Waals surface area contributed by atoms with Crippen LogP contribution in [0.15, 0.2) is 35.5 Å². The van der Waals surface area contributed by atoms with Crippen LogP contribution >= 0.6 is 0 Å². The van der Waals surface area contributed by atoms with Crippen LogP contribution in [0.3, 0.4) is 0 Å². The Morgan fingerprint density at radius 3 is 2.43 bits per heavy atom. The molecule has 2 aliphatic rings. The summed E-state index contributed by atoms with van der Waals surface area (Å²) in [5.41, 5.74) is -1.32.